The fourth-order valence-electron chi connectivity index (χ4n) is 1.05. The summed E-state index contributed by atoms with van der Waals surface area (Å²) < 4.78 is 5.06. The van der Waals surface area contributed by atoms with Gasteiger partial charge in [-0.25, -0.2) is 0 Å². The standard InChI is InChI=1S/C9H11Cl2NO2/c1-13-8-4-7(10)3-6(9(8)11)5-12-14-2/h3-4,12H,5H2,1-2H3. The molecule has 3 nitrogen and oxygen atoms in total. The number of ether oxygens (including phenoxy) is 1. The SMILES string of the molecule is CONCc1cc(Cl)cc(OC)c1Cl. The summed E-state index contributed by atoms with van der Waals surface area (Å²) in [6.07, 6.45) is 0. The van der Waals surface area contributed by atoms with Gasteiger partial charge in [0.2, 0.25) is 0 Å². The molecule has 0 bridgehead atoms. The first-order valence-corrected chi connectivity index (χ1v) is 4.72. The minimum atomic E-state index is 0.478. The van der Waals surface area contributed by atoms with Crippen LogP contribution in [-0.2, 0) is 11.4 Å². The Morgan fingerprint density at radius 2 is 2.00 bits per heavy atom. The van der Waals surface area contributed by atoms with Gasteiger partial charge in [0.05, 0.1) is 19.2 Å². The first-order valence-electron chi connectivity index (χ1n) is 3.96. The van der Waals surface area contributed by atoms with E-state index in [4.69, 9.17) is 32.8 Å². The smallest absolute Gasteiger partial charge is 0.139 e. The van der Waals surface area contributed by atoms with Crippen LogP contribution in [0.3, 0.4) is 0 Å². The highest BCUT2D eigenvalue weighted by Gasteiger charge is 2.08. The molecule has 5 heteroatoms. The summed E-state index contributed by atoms with van der Waals surface area (Å²) in [5.41, 5.74) is 3.52. The number of hydrogen-bond acceptors (Lipinski definition) is 3. The van der Waals surface area contributed by atoms with E-state index in [1.165, 1.54) is 7.11 Å². The summed E-state index contributed by atoms with van der Waals surface area (Å²) in [4.78, 5) is 4.72. The molecule has 0 aromatic heterocycles. The first kappa shape index (κ1) is 11.6. The van der Waals surface area contributed by atoms with E-state index in [9.17, 15) is 0 Å². The molecule has 0 saturated carbocycles. The molecule has 0 amide bonds. The molecule has 1 aromatic carbocycles. The van der Waals surface area contributed by atoms with Gasteiger partial charge < -0.3 is 9.57 Å². The molecule has 78 valence electrons. The number of rotatable bonds is 4. The van der Waals surface area contributed by atoms with Crippen LogP contribution in [0.4, 0.5) is 0 Å². The lowest BCUT2D eigenvalue weighted by Crippen LogP contribution is -2.11. The number of benzene rings is 1. The van der Waals surface area contributed by atoms with Crippen molar-refractivity contribution in [1.29, 1.82) is 0 Å². The van der Waals surface area contributed by atoms with Crippen LogP contribution in [0, 0.1) is 0 Å². The molecule has 1 N–H and O–H groups in total. The molecule has 0 aliphatic heterocycles. The molecule has 1 rings (SSSR count). The fourth-order valence-corrected chi connectivity index (χ4v) is 1.53. The van der Waals surface area contributed by atoms with E-state index in [1.54, 1.807) is 19.2 Å². The van der Waals surface area contributed by atoms with Gasteiger partial charge in [-0.05, 0) is 11.6 Å². The molecule has 0 unspecified atom stereocenters. The van der Waals surface area contributed by atoms with Crippen molar-refractivity contribution in [1.82, 2.24) is 5.48 Å². The third-order valence-corrected chi connectivity index (χ3v) is 2.35. The summed E-state index contributed by atoms with van der Waals surface area (Å²) in [6, 6.07) is 3.43. The molecule has 0 radical (unpaired) electrons. The summed E-state index contributed by atoms with van der Waals surface area (Å²) in [7, 11) is 3.08. The molecule has 0 aliphatic rings. The second kappa shape index (κ2) is 5.41. The Kier molecular flexibility index (Phi) is 4.48. The maximum absolute atomic E-state index is 6.04. The average Bonchev–Trinajstić information content (AvgIpc) is 2.18. The van der Waals surface area contributed by atoms with Crippen molar-refractivity contribution in [2.24, 2.45) is 0 Å². The van der Waals surface area contributed by atoms with Crippen molar-refractivity contribution in [2.75, 3.05) is 14.2 Å². The van der Waals surface area contributed by atoms with E-state index in [2.05, 4.69) is 5.48 Å². The van der Waals surface area contributed by atoms with Crippen LogP contribution in [0.2, 0.25) is 10.0 Å². The normalized spacial score (nSPS) is 10.3. The van der Waals surface area contributed by atoms with Gasteiger partial charge in [0.25, 0.3) is 0 Å². The minimum Gasteiger partial charge on any atom is -0.495 e. The van der Waals surface area contributed by atoms with Gasteiger partial charge in [-0.3, -0.25) is 0 Å². The highest BCUT2D eigenvalue weighted by molar-refractivity contribution is 6.34. The third kappa shape index (κ3) is 2.75. The van der Waals surface area contributed by atoms with Crippen LogP contribution in [0.1, 0.15) is 5.56 Å². The predicted octanol–water partition coefficient (Wildman–Crippen LogP) is 2.65. The van der Waals surface area contributed by atoms with Crippen molar-refractivity contribution >= 4 is 23.2 Å². The van der Waals surface area contributed by atoms with Gasteiger partial charge in [-0.15, -0.1) is 0 Å². The summed E-state index contributed by atoms with van der Waals surface area (Å²) in [5.74, 6) is 0.562. The number of halogens is 2. The van der Waals surface area contributed by atoms with Gasteiger partial charge in [0, 0.05) is 17.6 Å². The second-order valence-corrected chi connectivity index (χ2v) is 3.42. The van der Waals surface area contributed by atoms with Crippen LogP contribution in [0.5, 0.6) is 5.75 Å². The molecule has 1 aromatic rings. The Morgan fingerprint density at radius 1 is 1.29 bits per heavy atom. The van der Waals surface area contributed by atoms with Crippen LogP contribution in [0.15, 0.2) is 12.1 Å². The first-order chi connectivity index (χ1) is 6.69. The summed E-state index contributed by atoms with van der Waals surface area (Å²) in [6.45, 7) is 0.478. The van der Waals surface area contributed by atoms with E-state index in [0.717, 1.165) is 5.56 Å². The van der Waals surface area contributed by atoms with Crippen molar-refractivity contribution in [3.63, 3.8) is 0 Å². The Bertz CT molecular complexity index is 318. The fraction of sp³-hybridized carbons (Fsp3) is 0.333. The Morgan fingerprint density at radius 3 is 2.57 bits per heavy atom. The molecule has 0 fully saturated rings. The zero-order valence-corrected chi connectivity index (χ0v) is 9.45. The van der Waals surface area contributed by atoms with Crippen LogP contribution in [-0.4, -0.2) is 14.2 Å². The van der Waals surface area contributed by atoms with Crippen molar-refractivity contribution in [2.45, 2.75) is 6.54 Å². The molecule has 0 atom stereocenters. The highest BCUT2D eigenvalue weighted by Crippen LogP contribution is 2.31. The lowest BCUT2D eigenvalue weighted by molar-refractivity contribution is 0.0867. The molecule has 0 spiro atoms. The zero-order valence-electron chi connectivity index (χ0n) is 7.93. The van der Waals surface area contributed by atoms with Gasteiger partial charge in [-0.2, -0.15) is 5.48 Å². The topological polar surface area (TPSA) is 30.5 Å². The van der Waals surface area contributed by atoms with Crippen LogP contribution in [0.25, 0.3) is 0 Å². The highest BCUT2D eigenvalue weighted by atomic mass is 35.5. The van der Waals surface area contributed by atoms with Gasteiger partial charge in [0.15, 0.2) is 0 Å². The van der Waals surface area contributed by atoms with E-state index in [0.29, 0.717) is 22.3 Å². The lowest BCUT2D eigenvalue weighted by Gasteiger charge is -2.09. The molecule has 0 heterocycles. The van der Waals surface area contributed by atoms with Crippen molar-refractivity contribution in [3.05, 3.63) is 27.7 Å². The minimum absolute atomic E-state index is 0.478. The van der Waals surface area contributed by atoms with Gasteiger partial charge in [-0.1, -0.05) is 23.2 Å². The van der Waals surface area contributed by atoms with Crippen LogP contribution < -0.4 is 10.2 Å². The van der Waals surface area contributed by atoms with Crippen molar-refractivity contribution in [3.8, 4) is 5.75 Å². The quantitative estimate of drug-likeness (QED) is 0.815. The number of nitrogens with one attached hydrogen (secondary N) is 1. The predicted molar refractivity (Wildman–Crippen MR) is 56.9 cm³/mol. The van der Waals surface area contributed by atoms with Crippen LogP contribution >= 0.6 is 23.2 Å². The van der Waals surface area contributed by atoms with Gasteiger partial charge in [0.1, 0.15) is 5.75 Å². The molecule has 0 saturated heterocycles. The molecular weight excluding hydrogens is 225 g/mol. The van der Waals surface area contributed by atoms with E-state index >= 15 is 0 Å². The lowest BCUT2D eigenvalue weighted by atomic mass is 10.2. The van der Waals surface area contributed by atoms with E-state index < -0.39 is 0 Å². The maximum Gasteiger partial charge on any atom is 0.139 e. The molecule has 14 heavy (non-hydrogen) atoms. The average molecular weight is 236 g/mol. The number of hydroxylamine groups is 1. The maximum atomic E-state index is 6.04. The van der Waals surface area contributed by atoms with Gasteiger partial charge >= 0.3 is 0 Å². The third-order valence-electron chi connectivity index (χ3n) is 1.71. The summed E-state index contributed by atoms with van der Waals surface area (Å²) >= 11 is 11.9. The monoisotopic (exact) mass is 235 g/mol. The molecular formula is C9H11Cl2NO2. The number of hydrogen-bond donors (Lipinski definition) is 1. The Labute approximate surface area is 92.9 Å². The summed E-state index contributed by atoms with van der Waals surface area (Å²) in [5, 5.41) is 1.13. The van der Waals surface area contributed by atoms with Crippen molar-refractivity contribution < 1.29 is 9.57 Å². The van der Waals surface area contributed by atoms with E-state index in [-0.39, 0.29) is 0 Å². The van der Waals surface area contributed by atoms with E-state index in [1.807, 2.05) is 0 Å². The Balaban J connectivity index is 2.96. The zero-order chi connectivity index (χ0) is 10.6. The largest absolute Gasteiger partial charge is 0.495 e. The number of methoxy groups -OCH3 is 1. The molecule has 0 aliphatic carbocycles. The second-order valence-electron chi connectivity index (χ2n) is 2.61. The Hall–Kier alpha value is -0.480.